The Bertz CT molecular complexity index is 639. The van der Waals surface area contributed by atoms with Crippen LogP contribution < -0.4 is 0 Å². The van der Waals surface area contributed by atoms with Crippen LogP contribution in [0.1, 0.15) is 40.5 Å². The van der Waals surface area contributed by atoms with Crippen molar-refractivity contribution < 1.29 is 33.0 Å². The molecule has 0 aliphatic heterocycles. The Labute approximate surface area is 138 Å². The number of carboxylic acids is 1. The molecule has 134 valence electrons. The van der Waals surface area contributed by atoms with Gasteiger partial charge >= 0.3 is 12.1 Å². The molecule has 0 saturated carbocycles. The topological polar surface area (TPSA) is 74.6 Å². The van der Waals surface area contributed by atoms with Gasteiger partial charge in [0.1, 0.15) is 5.60 Å². The van der Waals surface area contributed by atoms with E-state index in [1.807, 2.05) is 0 Å². The summed E-state index contributed by atoms with van der Waals surface area (Å²) in [5.74, 6) is -1.81. The van der Waals surface area contributed by atoms with Gasteiger partial charge in [-0.05, 0) is 31.1 Å². The molecule has 0 saturated heterocycles. The van der Waals surface area contributed by atoms with Crippen molar-refractivity contribution in [3.8, 4) is 0 Å². The number of carbonyl (C=O) groups is 2. The summed E-state index contributed by atoms with van der Waals surface area (Å²) in [6, 6.07) is 0. The Balaban J connectivity index is 3.41. The van der Waals surface area contributed by atoms with Crippen LogP contribution in [0.2, 0.25) is 0 Å². The van der Waals surface area contributed by atoms with Crippen LogP contribution in [-0.4, -0.2) is 33.7 Å². The van der Waals surface area contributed by atoms with Gasteiger partial charge in [-0.3, -0.25) is 4.79 Å². The largest absolute Gasteiger partial charge is 0.478 e. The monoisotopic (exact) mass is 346 g/mol. The Hall–Kier alpha value is -1.89. The highest BCUT2D eigenvalue weighted by Gasteiger charge is 2.50. The lowest BCUT2D eigenvalue weighted by Crippen LogP contribution is -2.49. The number of halogens is 3. The zero-order valence-electron chi connectivity index (χ0n) is 14.0. The number of aliphatic carboxylic acids is 1. The Morgan fingerprint density at radius 3 is 2.33 bits per heavy atom. The molecule has 0 amide bonds. The first-order valence-electron chi connectivity index (χ1n) is 7.32. The van der Waals surface area contributed by atoms with Crippen molar-refractivity contribution in [1.82, 2.24) is 0 Å². The average molecular weight is 346 g/mol. The summed E-state index contributed by atoms with van der Waals surface area (Å²) in [6.07, 6.45) is -2.68. The van der Waals surface area contributed by atoms with E-state index in [0.29, 0.717) is 5.57 Å². The second-order valence-corrected chi connectivity index (χ2v) is 6.71. The molecule has 2 N–H and O–H groups in total. The minimum Gasteiger partial charge on any atom is -0.478 e. The first kappa shape index (κ1) is 20.2. The van der Waals surface area contributed by atoms with Crippen LogP contribution in [0.4, 0.5) is 13.2 Å². The van der Waals surface area contributed by atoms with Crippen LogP contribution in [-0.2, 0) is 9.59 Å². The number of carbonyl (C=O) groups excluding carboxylic acids is 1. The number of hydrogen-bond acceptors (Lipinski definition) is 3. The van der Waals surface area contributed by atoms with Gasteiger partial charge in [-0.25, -0.2) is 4.79 Å². The SMILES string of the molecule is CC(C=CC1(O)C(C)=C(CC(F)(F)F)C(=O)CC1(C)C)=CC(=O)O. The van der Waals surface area contributed by atoms with Crippen LogP contribution in [0, 0.1) is 5.41 Å². The average Bonchev–Trinajstić information content (AvgIpc) is 2.37. The molecular weight excluding hydrogens is 325 g/mol. The molecule has 24 heavy (non-hydrogen) atoms. The van der Waals surface area contributed by atoms with Crippen molar-refractivity contribution in [3.63, 3.8) is 0 Å². The van der Waals surface area contributed by atoms with Gasteiger partial charge in [-0.1, -0.05) is 19.9 Å². The lowest BCUT2D eigenvalue weighted by atomic mass is 9.62. The Morgan fingerprint density at radius 2 is 1.88 bits per heavy atom. The Kier molecular flexibility index (Phi) is 5.50. The van der Waals surface area contributed by atoms with Crippen LogP contribution in [0.25, 0.3) is 0 Å². The smallest absolute Gasteiger partial charge is 0.393 e. The lowest BCUT2D eigenvalue weighted by Gasteiger charge is -2.45. The number of allylic oxidation sites excluding steroid dienone is 3. The summed E-state index contributed by atoms with van der Waals surface area (Å²) in [4.78, 5) is 22.7. The van der Waals surface area contributed by atoms with Crippen molar-refractivity contribution in [3.05, 3.63) is 34.9 Å². The predicted molar refractivity (Wildman–Crippen MR) is 82.3 cm³/mol. The van der Waals surface area contributed by atoms with Gasteiger partial charge in [0.2, 0.25) is 0 Å². The van der Waals surface area contributed by atoms with E-state index in [9.17, 15) is 27.9 Å². The molecule has 0 fully saturated rings. The van der Waals surface area contributed by atoms with Gasteiger partial charge in [0.15, 0.2) is 5.78 Å². The molecule has 1 aliphatic rings. The first-order chi connectivity index (χ1) is 10.7. The van der Waals surface area contributed by atoms with E-state index in [4.69, 9.17) is 5.11 Å². The number of Topliss-reactive ketones (excluding diaryl/α,β-unsaturated/α-hetero) is 1. The maximum absolute atomic E-state index is 12.7. The molecule has 0 aromatic carbocycles. The van der Waals surface area contributed by atoms with Crippen molar-refractivity contribution in [2.75, 3.05) is 0 Å². The molecule has 4 nitrogen and oxygen atoms in total. The number of aliphatic hydroxyl groups is 1. The molecule has 1 rings (SSSR count). The molecule has 1 aliphatic carbocycles. The van der Waals surface area contributed by atoms with Crippen LogP contribution in [0.3, 0.4) is 0 Å². The van der Waals surface area contributed by atoms with Gasteiger partial charge in [-0.2, -0.15) is 13.2 Å². The standard InChI is InChI=1S/C17H21F3O4/c1-10(7-14(22)23)5-6-16(24)11(2)12(8-17(18,19)20)13(21)9-15(16,3)4/h5-7,24H,8-9H2,1-4H3,(H,22,23). The zero-order chi connectivity index (χ0) is 18.9. The summed E-state index contributed by atoms with van der Waals surface area (Å²) in [5, 5.41) is 19.7. The number of rotatable bonds is 4. The fraction of sp³-hybridized carbons (Fsp3) is 0.529. The highest BCUT2D eigenvalue weighted by Crippen LogP contribution is 2.48. The molecule has 7 heteroatoms. The molecule has 0 aromatic rings. The quantitative estimate of drug-likeness (QED) is 0.603. The molecule has 0 bridgehead atoms. The summed E-state index contributed by atoms with van der Waals surface area (Å²) in [6.45, 7) is 5.96. The van der Waals surface area contributed by atoms with Crippen molar-refractivity contribution in [1.29, 1.82) is 0 Å². The third kappa shape index (κ3) is 4.35. The molecule has 0 aromatic heterocycles. The number of carboxylic acid groups (broad SMARTS) is 1. The second-order valence-electron chi connectivity index (χ2n) is 6.71. The maximum Gasteiger partial charge on any atom is 0.393 e. The molecule has 0 radical (unpaired) electrons. The van der Waals surface area contributed by atoms with Crippen molar-refractivity contribution >= 4 is 11.8 Å². The van der Waals surface area contributed by atoms with E-state index >= 15 is 0 Å². The third-order valence-electron chi connectivity index (χ3n) is 4.31. The molecule has 1 unspecified atom stereocenters. The van der Waals surface area contributed by atoms with Gasteiger partial charge in [0.05, 0.1) is 6.42 Å². The fourth-order valence-electron chi connectivity index (χ4n) is 2.87. The van der Waals surface area contributed by atoms with Gasteiger partial charge in [0.25, 0.3) is 0 Å². The van der Waals surface area contributed by atoms with E-state index in [-0.39, 0.29) is 12.0 Å². The minimum absolute atomic E-state index is 0.0551. The second kappa shape index (κ2) is 6.55. The highest BCUT2D eigenvalue weighted by atomic mass is 19.4. The fourth-order valence-corrected chi connectivity index (χ4v) is 2.87. The van der Waals surface area contributed by atoms with Crippen LogP contribution >= 0.6 is 0 Å². The molecule has 0 spiro atoms. The number of hydrogen-bond donors (Lipinski definition) is 2. The van der Waals surface area contributed by atoms with Gasteiger partial charge < -0.3 is 10.2 Å². The normalized spacial score (nSPS) is 25.5. The Morgan fingerprint density at radius 1 is 1.33 bits per heavy atom. The summed E-state index contributed by atoms with van der Waals surface area (Å²) in [5.41, 5.74) is -2.98. The van der Waals surface area contributed by atoms with Crippen LogP contribution in [0.15, 0.2) is 34.9 Å². The molecule has 0 heterocycles. The summed E-state index contributed by atoms with van der Waals surface area (Å²) < 4.78 is 38.2. The highest BCUT2D eigenvalue weighted by molar-refractivity contribution is 5.98. The maximum atomic E-state index is 12.7. The van der Waals surface area contributed by atoms with Gasteiger partial charge in [0, 0.05) is 23.5 Å². The van der Waals surface area contributed by atoms with Gasteiger partial charge in [-0.15, -0.1) is 0 Å². The van der Waals surface area contributed by atoms with E-state index in [0.717, 1.165) is 6.08 Å². The minimum atomic E-state index is -4.56. The number of alkyl halides is 3. The first-order valence-corrected chi connectivity index (χ1v) is 7.32. The molecular formula is C17H21F3O4. The zero-order valence-corrected chi connectivity index (χ0v) is 14.0. The summed E-state index contributed by atoms with van der Waals surface area (Å²) >= 11 is 0. The predicted octanol–water partition coefficient (Wildman–Crippen LogP) is 3.57. The van der Waals surface area contributed by atoms with E-state index in [1.165, 1.54) is 26.0 Å². The summed E-state index contributed by atoms with van der Waals surface area (Å²) in [7, 11) is 0. The van der Waals surface area contributed by atoms with Crippen molar-refractivity contribution in [2.24, 2.45) is 5.41 Å². The third-order valence-corrected chi connectivity index (χ3v) is 4.31. The van der Waals surface area contributed by atoms with Crippen molar-refractivity contribution in [2.45, 2.75) is 52.3 Å². The van der Waals surface area contributed by atoms with E-state index in [2.05, 4.69) is 0 Å². The molecule has 1 atom stereocenters. The van der Waals surface area contributed by atoms with E-state index in [1.54, 1.807) is 13.8 Å². The van der Waals surface area contributed by atoms with E-state index < -0.39 is 40.9 Å². The lowest BCUT2D eigenvalue weighted by molar-refractivity contribution is -0.138. The number of ketones is 1. The van der Waals surface area contributed by atoms with Crippen LogP contribution in [0.5, 0.6) is 0 Å².